The number of carboxylic acid groups (broad SMARTS) is 1. The van der Waals surface area contributed by atoms with E-state index in [0.29, 0.717) is 16.3 Å². The summed E-state index contributed by atoms with van der Waals surface area (Å²) >= 11 is 5.94. The van der Waals surface area contributed by atoms with Gasteiger partial charge in [-0.3, -0.25) is 0 Å². The summed E-state index contributed by atoms with van der Waals surface area (Å²) in [6.07, 6.45) is 0. The predicted molar refractivity (Wildman–Crippen MR) is 73.9 cm³/mol. The summed E-state index contributed by atoms with van der Waals surface area (Å²) in [5.41, 5.74) is 1.12. The number of nitrogens with zero attached hydrogens (tertiary/aromatic N) is 1. The topological polar surface area (TPSA) is 86.3 Å². The molecule has 0 aliphatic rings. The molecule has 0 radical (unpaired) electrons. The Hall–Kier alpha value is -2.45. The van der Waals surface area contributed by atoms with E-state index in [1.54, 1.807) is 24.3 Å². The monoisotopic (exact) mass is 290 g/mol. The molecule has 1 aromatic heterocycles. The van der Waals surface area contributed by atoms with Crippen LogP contribution in [0.1, 0.15) is 34.8 Å². The highest BCUT2D eigenvalue weighted by Crippen LogP contribution is 2.25. The fraction of sp³-hybridized carbons (Fsp3) is 0.143. The molecule has 6 heteroatoms. The maximum absolute atomic E-state index is 10.7. The first-order valence-corrected chi connectivity index (χ1v) is 6.18. The zero-order valence-corrected chi connectivity index (χ0v) is 11.3. The van der Waals surface area contributed by atoms with Crippen molar-refractivity contribution in [1.82, 2.24) is 0 Å². The average Bonchev–Trinajstić information content (AvgIpc) is 2.88. The Labute approximate surface area is 120 Å². The van der Waals surface area contributed by atoms with Crippen LogP contribution >= 0.6 is 11.6 Å². The van der Waals surface area contributed by atoms with Crippen molar-refractivity contribution in [3.63, 3.8) is 0 Å². The highest BCUT2D eigenvalue weighted by molar-refractivity contribution is 6.32. The molecule has 0 aliphatic carbocycles. The number of furan rings is 1. The first kappa shape index (κ1) is 14.0. The lowest BCUT2D eigenvalue weighted by molar-refractivity contribution is 0.0660. The van der Waals surface area contributed by atoms with Crippen LogP contribution in [0.5, 0.6) is 0 Å². The number of anilines is 1. The van der Waals surface area contributed by atoms with Gasteiger partial charge < -0.3 is 14.8 Å². The normalized spacial score (nSPS) is 11.7. The summed E-state index contributed by atoms with van der Waals surface area (Å²) in [4.78, 5) is 10.7. The van der Waals surface area contributed by atoms with E-state index in [9.17, 15) is 4.79 Å². The highest BCUT2D eigenvalue weighted by Gasteiger charge is 2.14. The van der Waals surface area contributed by atoms with Gasteiger partial charge in [0.25, 0.3) is 0 Å². The van der Waals surface area contributed by atoms with Crippen molar-refractivity contribution in [2.75, 3.05) is 5.32 Å². The number of halogens is 1. The van der Waals surface area contributed by atoms with Gasteiger partial charge in [-0.25, -0.2) is 4.79 Å². The maximum Gasteiger partial charge on any atom is 0.371 e. The lowest BCUT2D eigenvalue weighted by atomic mass is 10.2. The van der Waals surface area contributed by atoms with Crippen LogP contribution in [0.2, 0.25) is 5.02 Å². The minimum Gasteiger partial charge on any atom is -0.475 e. The van der Waals surface area contributed by atoms with Crippen molar-refractivity contribution in [3.05, 3.63) is 52.4 Å². The molecule has 2 aromatic rings. The fourth-order valence-electron chi connectivity index (χ4n) is 1.72. The van der Waals surface area contributed by atoms with Crippen molar-refractivity contribution in [1.29, 1.82) is 5.26 Å². The smallest absolute Gasteiger partial charge is 0.371 e. The molecule has 5 nitrogen and oxygen atoms in total. The Morgan fingerprint density at radius 3 is 2.75 bits per heavy atom. The van der Waals surface area contributed by atoms with Gasteiger partial charge in [0.1, 0.15) is 11.8 Å². The number of hydrogen-bond donors (Lipinski definition) is 2. The standard InChI is InChI=1S/C14H11ClN2O3/c1-8(12-4-5-13(20-12)14(18)19)17-10-3-2-9(7-16)11(15)6-10/h2-6,8,17H,1H3,(H,18,19). The Morgan fingerprint density at radius 2 is 2.20 bits per heavy atom. The van der Waals surface area contributed by atoms with Crippen molar-refractivity contribution in [2.24, 2.45) is 0 Å². The molecule has 2 rings (SSSR count). The Kier molecular flexibility index (Phi) is 3.97. The van der Waals surface area contributed by atoms with Gasteiger partial charge in [-0.05, 0) is 37.3 Å². The lowest BCUT2D eigenvalue weighted by Crippen LogP contribution is -2.05. The molecule has 0 saturated carbocycles. The number of aromatic carboxylic acids is 1. The molecule has 1 unspecified atom stereocenters. The molecular formula is C14H11ClN2O3. The third-order valence-corrected chi connectivity index (χ3v) is 3.05. The van der Waals surface area contributed by atoms with Crippen molar-refractivity contribution in [3.8, 4) is 6.07 Å². The molecule has 1 atom stereocenters. The molecular weight excluding hydrogens is 280 g/mol. The van der Waals surface area contributed by atoms with E-state index in [2.05, 4.69) is 5.32 Å². The first-order chi connectivity index (χ1) is 9.51. The SMILES string of the molecule is CC(Nc1ccc(C#N)c(Cl)c1)c1ccc(C(=O)O)o1. The number of hydrogen-bond acceptors (Lipinski definition) is 4. The van der Waals surface area contributed by atoms with E-state index in [1.807, 2.05) is 13.0 Å². The van der Waals surface area contributed by atoms with Crippen molar-refractivity contribution >= 4 is 23.3 Å². The van der Waals surface area contributed by atoms with E-state index in [0.717, 1.165) is 5.69 Å². The number of benzene rings is 1. The number of carbonyl (C=O) groups is 1. The third-order valence-electron chi connectivity index (χ3n) is 2.74. The zero-order valence-electron chi connectivity index (χ0n) is 10.6. The van der Waals surface area contributed by atoms with Crippen LogP contribution < -0.4 is 5.32 Å². The Morgan fingerprint density at radius 1 is 1.45 bits per heavy atom. The van der Waals surface area contributed by atoms with Crippen LogP contribution in [0.3, 0.4) is 0 Å². The lowest BCUT2D eigenvalue weighted by Gasteiger charge is -2.13. The number of carboxylic acids is 1. The number of nitrogens with one attached hydrogen (secondary N) is 1. The van der Waals surface area contributed by atoms with E-state index < -0.39 is 5.97 Å². The molecule has 0 amide bonds. The van der Waals surface area contributed by atoms with Crippen molar-refractivity contribution in [2.45, 2.75) is 13.0 Å². The van der Waals surface area contributed by atoms with Crippen LogP contribution in [0, 0.1) is 11.3 Å². The molecule has 0 fully saturated rings. The summed E-state index contributed by atoms with van der Waals surface area (Å²) in [7, 11) is 0. The quantitative estimate of drug-likeness (QED) is 0.897. The fourth-order valence-corrected chi connectivity index (χ4v) is 1.94. The van der Waals surface area contributed by atoms with Gasteiger partial charge in [0, 0.05) is 5.69 Å². The molecule has 1 aromatic carbocycles. The molecule has 1 heterocycles. The third kappa shape index (κ3) is 2.92. The summed E-state index contributed by atoms with van der Waals surface area (Å²) in [5, 5.41) is 21.1. The van der Waals surface area contributed by atoms with Crippen LogP contribution in [0.4, 0.5) is 5.69 Å². The van der Waals surface area contributed by atoms with Gasteiger partial charge in [-0.15, -0.1) is 0 Å². The largest absolute Gasteiger partial charge is 0.475 e. The molecule has 0 aliphatic heterocycles. The van der Waals surface area contributed by atoms with Gasteiger partial charge in [-0.1, -0.05) is 11.6 Å². The zero-order chi connectivity index (χ0) is 14.7. The van der Waals surface area contributed by atoms with Crippen LogP contribution in [0.25, 0.3) is 0 Å². The van der Waals surface area contributed by atoms with Crippen LogP contribution in [-0.4, -0.2) is 11.1 Å². The second kappa shape index (κ2) is 5.68. The molecule has 20 heavy (non-hydrogen) atoms. The average molecular weight is 291 g/mol. The molecule has 0 saturated heterocycles. The second-order valence-electron chi connectivity index (χ2n) is 4.18. The summed E-state index contributed by atoms with van der Waals surface area (Å²) in [6.45, 7) is 1.83. The van der Waals surface area contributed by atoms with Gasteiger partial charge in [0.05, 0.1) is 16.6 Å². The summed E-state index contributed by atoms with van der Waals surface area (Å²) < 4.78 is 5.21. The van der Waals surface area contributed by atoms with Crippen molar-refractivity contribution < 1.29 is 14.3 Å². The van der Waals surface area contributed by atoms with E-state index in [4.69, 9.17) is 26.4 Å². The summed E-state index contributed by atoms with van der Waals surface area (Å²) in [6, 6.07) is 9.73. The van der Waals surface area contributed by atoms with Gasteiger partial charge in [0.15, 0.2) is 0 Å². The van der Waals surface area contributed by atoms with Gasteiger partial charge in [-0.2, -0.15) is 5.26 Å². The van der Waals surface area contributed by atoms with E-state index in [1.165, 1.54) is 6.07 Å². The van der Waals surface area contributed by atoms with Gasteiger partial charge >= 0.3 is 5.97 Å². The second-order valence-corrected chi connectivity index (χ2v) is 4.59. The van der Waals surface area contributed by atoms with Crippen LogP contribution in [0.15, 0.2) is 34.7 Å². The molecule has 2 N–H and O–H groups in total. The molecule has 0 bridgehead atoms. The molecule has 0 spiro atoms. The Bertz CT molecular complexity index is 688. The van der Waals surface area contributed by atoms with E-state index in [-0.39, 0.29) is 11.8 Å². The number of nitriles is 1. The molecule has 102 valence electrons. The maximum atomic E-state index is 10.7. The minimum absolute atomic E-state index is 0.105. The summed E-state index contributed by atoms with van der Waals surface area (Å²) in [5.74, 6) is -0.709. The first-order valence-electron chi connectivity index (χ1n) is 5.80. The number of rotatable bonds is 4. The minimum atomic E-state index is -1.11. The van der Waals surface area contributed by atoms with Crippen LogP contribution in [-0.2, 0) is 0 Å². The highest BCUT2D eigenvalue weighted by atomic mass is 35.5. The Balaban J connectivity index is 2.14. The van der Waals surface area contributed by atoms with E-state index >= 15 is 0 Å². The van der Waals surface area contributed by atoms with Gasteiger partial charge in [0.2, 0.25) is 5.76 Å². The predicted octanol–water partition coefficient (Wildman–Crippen LogP) is 3.68.